The van der Waals surface area contributed by atoms with Crippen molar-refractivity contribution in [3.05, 3.63) is 35.4 Å². The Hall–Kier alpha value is -1.60. The summed E-state index contributed by atoms with van der Waals surface area (Å²) < 4.78 is 31.8. The monoisotopic (exact) mass is 287 g/mol. The highest BCUT2D eigenvalue weighted by Gasteiger charge is 2.11. The fourth-order valence-corrected chi connectivity index (χ4v) is 1.49. The zero-order chi connectivity index (χ0) is 14.3. The first kappa shape index (κ1) is 15.5. The summed E-state index contributed by atoms with van der Waals surface area (Å²) in [5.41, 5.74) is 2.51. The van der Waals surface area contributed by atoms with Crippen molar-refractivity contribution in [2.45, 2.75) is 6.92 Å². The maximum absolute atomic E-state index is 13.5. The summed E-state index contributed by atoms with van der Waals surface area (Å²) in [7, 11) is 1.57. The zero-order valence-corrected chi connectivity index (χ0v) is 11.5. The number of methoxy groups -OCH3 is 1. The van der Waals surface area contributed by atoms with E-state index >= 15 is 0 Å². The van der Waals surface area contributed by atoms with Crippen molar-refractivity contribution in [1.82, 2.24) is 10.7 Å². The van der Waals surface area contributed by atoms with Gasteiger partial charge in [0.05, 0.1) is 17.9 Å². The smallest absolute Gasteiger partial charge is 0.187 e. The van der Waals surface area contributed by atoms with Crippen LogP contribution in [0.5, 0.6) is 0 Å². The highest BCUT2D eigenvalue weighted by molar-refractivity contribution is 7.80. The van der Waals surface area contributed by atoms with Crippen molar-refractivity contribution in [2.75, 3.05) is 20.3 Å². The van der Waals surface area contributed by atoms with Crippen LogP contribution in [-0.2, 0) is 4.74 Å². The molecule has 0 radical (unpaired) electrons. The molecule has 1 rings (SSSR count). The number of halogens is 2. The molecule has 0 aliphatic heterocycles. The Balaban J connectivity index is 2.64. The van der Waals surface area contributed by atoms with E-state index < -0.39 is 11.6 Å². The minimum atomic E-state index is -0.665. The summed E-state index contributed by atoms with van der Waals surface area (Å²) in [6.07, 6.45) is 0. The Kier molecular flexibility index (Phi) is 6.31. The van der Waals surface area contributed by atoms with Crippen LogP contribution in [0.15, 0.2) is 23.3 Å². The Bertz CT molecular complexity index is 460. The lowest BCUT2D eigenvalue weighted by molar-refractivity contribution is 0.204. The molecule has 0 saturated carbocycles. The third kappa shape index (κ3) is 4.88. The molecular formula is C12H15F2N3OS. The molecule has 0 unspecified atom stereocenters. The van der Waals surface area contributed by atoms with Gasteiger partial charge in [0, 0.05) is 13.7 Å². The van der Waals surface area contributed by atoms with Gasteiger partial charge in [-0.3, -0.25) is 5.43 Å². The normalized spacial score (nSPS) is 11.3. The van der Waals surface area contributed by atoms with Crippen LogP contribution in [0.3, 0.4) is 0 Å². The van der Waals surface area contributed by atoms with Crippen LogP contribution in [0.1, 0.15) is 12.5 Å². The number of thiocarbonyl (C=S) groups is 1. The van der Waals surface area contributed by atoms with Gasteiger partial charge in [-0.25, -0.2) is 8.78 Å². The number of hydrogen-bond acceptors (Lipinski definition) is 3. The van der Waals surface area contributed by atoms with Gasteiger partial charge < -0.3 is 10.1 Å². The molecule has 0 heterocycles. The summed E-state index contributed by atoms with van der Waals surface area (Å²) in [5.74, 6) is -1.33. The third-order valence-electron chi connectivity index (χ3n) is 2.24. The van der Waals surface area contributed by atoms with E-state index in [-0.39, 0.29) is 16.4 Å². The predicted molar refractivity (Wildman–Crippen MR) is 74.2 cm³/mol. The molecule has 0 aromatic heterocycles. The predicted octanol–water partition coefficient (Wildman–Crippen LogP) is 1.80. The number of nitrogens with zero attached hydrogens (tertiary/aromatic N) is 1. The van der Waals surface area contributed by atoms with Gasteiger partial charge in [-0.1, -0.05) is 6.07 Å². The lowest BCUT2D eigenvalue weighted by Gasteiger charge is -2.08. The topological polar surface area (TPSA) is 45.6 Å². The molecule has 0 saturated heterocycles. The van der Waals surface area contributed by atoms with Crippen LogP contribution in [0.2, 0.25) is 0 Å². The van der Waals surface area contributed by atoms with Gasteiger partial charge >= 0.3 is 0 Å². The van der Waals surface area contributed by atoms with Gasteiger partial charge in [-0.15, -0.1) is 0 Å². The van der Waals surface area contributed by atoms with Gasteiger partial charge in [-0.05, 0) is 31.3 Å². The minimum Gasteiger partial charge on any atom is -0.383 e. The summed E-state index contributed by atoms with van der Waals surface area (Å²) >= 11 is 4.93. The molecule has 0 fully saturated rings. The first-order valence-electron chi connectivity index (χ1n) is 5.57. The van der Waals surface area contributed by atoms with Crippen LogP contribution >= 0.6 is 12.2 Å². The van der Waals surface area contributed by atoms with Crippen molar-refractivity contribution in [3.8, 4) is 0 Å². The van der Waals surface area contributed by atoms with Gasteiger partial charge in [0.2, 0.25) is 0 Å². The number of ether oxygens (including phenoxy) is 1. The van der Waals surface area contributed by atoms with E-state index in [2.05, 4.69) is 15.8 Å². The second kappa shape index (κ2) is 7.75. The molecule has 0 spiro atoms. The molecule has 0 aliphatic rings. The SMILES string of the molecule is COCCNC(=S)N/N=C(/C)c1c(F)cccc1F. The van der Waals surface area contributed by atoms with Gasteiger partial charge in [0.25, 0.3) is 0 Å². The van der Waals surface area contributed by atoms with Crippen molar-refractivity contribution in [1.29, 1.82) is 0 Å². The molecule has 0 amide bonds. The lowest BCUT2D eigenvalue weighted by atomic mass is 10.1. The summed E-state index contributed by atoms with van der Waals surface area (Å²) in [6.45, 7) is 2.50. The molecule has 0 aliphatic carbocycles. The lowest BCUT2D eigenvalue weighted by Crippen LogP contribution is -2.34. The molecule has 1 aromatic carbocycles. The van der Waals surface area contributed by atoms with E-state index in [0.717, 1.165) is 0 Å². The Labute approximate surface area is 115 Å². The van der Waals surface area contributed by atoms with Crippen molar-refractivity contribution in [2.24, 2.45) is 5.10 Å². The van der Waals surface area contributed by atoms with E-state index in [1.54, 1.807) is 7.11 Å². The van der Waals surface area contributed by atoms with Crippen molar-refractivity contribution < 1.29 is 13.5 Å². The number of hydrogen-bond donors (Lipinski definition) is 2. The molecular weight excluding hydrogens is 272 g/mol. The third-order valence-corrected chi connectivity index (χ3v) is 2.48. The Morgan fingerprint density at radius 2 is 2.00 bits per heavy atom. The maximum atomic E-state index is 13.5. The van der Waals surface area contributed by atoms with Gasteiger partial charge in [-0.2, -0.15) is 5.10 Å². The average molecular weight is 287 g/mol. The van der Waals surface area contributed by atoms with Gasteiger partial charge in [0.1, 0.15) is 11.6 Å². The molecule has 0 bridgehead atoms. The fraction of sp³-hybridized carbons (Fsp3) is 0.333. The Morgan fingerprint density at radius 1 is 1.37 bits per heavy atom. The quantitative estimate of drug-likeness (QED) is 0.375. The van der Waals surface area contributed by atoms with Crippen LogP contribution in [-0.4, -0.2) is 31.1 Å². The van der Waals surface area contributed by atoms with E-state index in [1.165, 1.54) is 25.1 Å². The molecule has 19 heavy (non-hydrogen) atoms. The molecule has 104 valence electrons. The maximum Gasteiger partial charge on any atom is 0.187 e. The molecule has 1 aromatic rings. The van der Waals surface area contributed by atoms with Crippen molar-refractivity contribution >= 4 is 23.0 Å². The number of nitrogens with one attached hydrogen (secondary N) is 2. The zero-order valence-electron chi connectivity index (χ0n) is 10.7. The van der Waals surface area contributed by atoms with Crippen LogP contribution < -0.4 is 10.7 Å². The van der Waals surface area contributed by atoms with Crippen LogP contribution in [0, 0.1) is 11.6 Å². The van der Waals surface area contributed by atoms with Crippen LogP contribution in [0.4, 0.5) is 8.78 Å². The van der Waals surface area contributed by atoms with Crippen LogP contribution in [0.25, 0.3) is 0 Å². The Morgan fingerprint density at radius 3 is 2.58 bits per heavy atom. The first-order valence-corrected chi connectivity index (χ1v) is 5.98. The second-order valence-electron chi connectivity index (χ2n) is 3.65. The van der Waals surface area contributed by atoms with Crippen molar-refractivity contribution in [3.63, 3.8) is 0 Å². The molecule has 4 nitrogen and oxygen atoms in total. The van der Waals surface area contributed by atoms with Gasteiger partial charge in [0.15, 0.2) is 5.11 Å². The molecule has 0 atom stereocenters. The van der Waals surface area contributed by atoms with E-state index in [0.29, 0.717) is 13.2 Å². The standard InChI is InChI=1S/C12H15F2N3OS/c1-8(11-9(13)4-3-5-10(11)14)16-17-12(19)15-6-7-18-2/h3-5H,6-7H2,1-2H3,(H2,15,17,19)/b16-8-. The summed E-state index contributed by atoms with van der Waals surface area (Å²) in [6, 6.07) is 3.64. The molecule has 7 heteroatoms. The fourth-order valence-electron chi connectivity index (χ4n) is 1.34. The van der Waals surface area contributed by atoms with E-state index in [9.17, 15) is 8.78 Å². The highest BCUT2D eigenvalue weighted by atomic mass is 32.1. The number of benzene rings is 1. The van der Waals surface area contributed by atoms with E-state index in [4.69, 9.17) is 17.0 Å². The van der Waals surface area contributed by atoms with E-state index in [1.807, 2.05) is 0 Å². The minimum absolute atomic E-state index is 0.172. The average Bonchev–Trinajstić information content (AvgIpc) is 2.36. The summed E-state index contributed by atoms with van der Waals surface area (Å²) in [5, 5.41) is 6.91. The summed E-state index contributed by atoms with van der Waals surface area (Å²) in [4.78, 5) is 0. The number of hydrazone groups is 1. The second-order valence-corrected chi connectivity index (χ2v) is 4.06. The highest BCUT2D eigenvalue weighted by Crippen LogP contribution is 2.12. The largest absolute Gasteiger partial charge is 0.383 e. The molecule has 2 N–H and O–H groups in total. The number of rotatable bonds is 5. The first-order chi connectivity index (χ1) is 9.06.